The first-order chi connectivity index (χ1) is 9.56. The summed E-state index contributed by atoms with van der Waals surface area (Å²) in [6, 6.07) is 0. The Morgan fingerprint density at radius 3 is 1.85 bits per heavy atom. The normalized spacial score (nSPS) is 12.5. The van der Waals surface area contributed by atoms with E-state index in [1.807, 2.05) is 34.6 Å². The number of rotatable bonds is 4. The highest BCUT2D eigenvalue weighted by atomic mass is 16.5. The Bertz CT molecular complexity index is 214. The second-order valence-electron chi connectivity index (χ2n) is 4.23. The molecule has 1 aliphatic carbocycles. The zero-order valence-electron chi connectivity index (χ0n) is 14.3. The number of esters is 1. The topological polar surface area (TPSA) is 43.4 Å². The summed E-state index contributed by atoms with van der Waals surface area (Å²) in [5.74, 6) is 0.191. The molecule has 0 amide bonds. The molecule has 1 saturated carbocycles. The van der Waals surface area contributed by atoms with Gasteiger partial charge in [-0.2, -0.15) is 0 Å². The lowest BCUT2D eigenvalue weighted by atomic mass is 10.1. The van der Waals surface area contributed by atoms with Crippen molar-refractivity contribution in [2.24, 2.45) is 5.92 Å². The Balaban J connectivity index is -0.000000234. The number of hydrogen-bond donors (Lipinski definition) is 0. The maximum absolute atomic E-state index is 10.2. The van der Waals surface area contributed by atoms with E-state index in [9.17, 15) is 9.59 Å². The van der Waals surface area contributed by atoms with Crippen LogP contribution >= 0.6 is 0 Å². The largest absolute Gasteiger partial charge is 0.466 e. The van der Waals surface area contributed by atoms with E-state index in [2.05, 4.69) is 11.3 Å². The molecule has 0 N–H and O–H groups in total. The molecule has 20 heavy (non-hydrogen) atoms. The molecule has 0 aromatic rings. The average Bonchev–Trinajstić information content (AvgIpc) is 2.96. The van der Waals surface area contributed by atoms with Crippen LogP contribution in [0, 0.1) is 5.92 Å². The Morgan fingerprint density at radius 2 is 1.60 bits per heavy atom. The van der Waals surface area contributed by atoms with Crippen molar-refractivity contribution in [3.63, 3.8) is 0 Å². The minimum absolute atomic E-state index is 0.226. The number of carbonyl (C=O) groups is 2. The molecule has 3 nitrogen and oxygen atoms in total. The van der Waals surface area contributed by atoms with Crippen LogP contribution in [0.5, 0.6) is 0 Å². The van der Waals surface area contributed by atoms with E-state index in [0.29, 0.717) is 12.5 Å². The van der Waals surface area contributed by atoms with Gasteiger partial charge in [0.25, 0.3) is 0 Å². The van der Waals surface area contributed by atoms with Gasteiger partial charge in [0.1, 0.15) is 6.29 Å². The molecule has 0 bridgehead atoms. The summed E-state index contributed by atoms with van der Waals surface area (Å²) in [7, 11) is 0. The molecule has 0 heterocycles. The number of hydrogen-bond acceptors (Lipinski definition) is 3. The van der Waals surface area contributed by atoms with Gasteiger partial charge >= 0.3 is 5.97 Å². The van der Waals surface area contributed by atoms with Crippen LogP contribution in [0.1, 0.15) is 73.6 Å². The Morgan fingerprint density at radius 1 is 1.15 bits per heavy atom. The maximum atomic E-state index is 10.2. The monoisotopic (exact) mass is 286 g/mol. The van der Waals surface area contributed by atoms with Crippen molar-refractivity contribution < 1.29 is 14.3 Å². The number of carbonyl (C=O) groups excluding carboxylic acids is 2. The van der Waals surface area contributed by atoms with Gasteiger partial charge in [0.15, 0.2) is 0 Å². The van der Waals surface area contributed by atoms with E-state index < -0.39 is 0 Å². The summed E-state index contributed by atoms with van der Waals surface area (Å²) in [5, 5.41) is 0. The quantitative estimate of drug-likeness (QED) is 0.417. The fourth-order valence-corrected chi connectivity index (χ4v) is 1.46. The standard InChI is InChI=1S/C7H12O2.C6H10O.2C2H6/c1-6(2)4-5-9-7(3)8;7-5-6-3-1-2-4-6;2*1-2/h1,4-5H2,2-3H3;5-6H,1-4H2;2*1-2H3. The Labute approximate surface area is 125 Å². The third-order valence-corrected chi connectivity index (χ3v) is 2.43. The van der Waals surface area contributed by atoms with Crippen LogP contribution in [0.4, 0.5) is 0 Å². The van der Waals surface area contributed by atoms with Gasteiger partial charge in [-0.25, -0.2) is 0 Å². The predicted molar refractivity (Wildman–Crippen MR) is 86.8 cm³/mol. The first kappa shape index (κ1) is 23.9. The molecule has 0 saturated heterocycles. The summed E-state index contributed by atoms with van der Waals surface area (Å²) in [6.45, 7) is 15.4. The van der Waals surface area contributed by atoms with Crippen molar-refractivity contribution in [3.05, 3.63) is 12.2 Å². The van der Waals surface area contributed by atoms with Gasteiger partial charge in [0, 0.05) is 19.3 Å². The van der Waals surface area contributed by atoms with Crippen LogP contribution < -0.4 is 0 Å². The minimum Gasteiger partial charge on any atom is -0.466 e. The smallest absolute Gasteiger partial charge is 0.302 e. The first-order valence-electron chi connectivity index (χ1n) is 7.79. The van der Waals surface area contributed by atoms with E-state index in [4.69, 9.17) is 0 Å². The molecule has 0 aromatic heterocycles. The molecule has 0 atom stereocenters. The van der Waals surface area contributed by atoms with E-state index in [1.54, 1.807) is 0 Å². The highest BCUT2D eigenvalue weighted by molar-refractivity contribution is 5.65. The second-order valence-corrected chi connectivity index (χ2v) is 4.23. The van der Waals surface area contributed by atoms with Gasteiger partial charge in [0.2, 0.25) is 0 Å². The lowest BCUT2D eigenvalue weighted by Crippen LogP contribution is -1.99. The third kappa shape index (κ3) is 22.1. The van der Waals surface area contributed by atoms with Crippen molar-refractivity contribution in [2.75, 3.05) is 6.61 Å². The molecule has 0 radical (unpaired) electrons. The molecule has 1 rings (SSSR count). The van der Waals surface area contributed by atoms with Crippen molar-refractivity contribution in [2.45, 2.75) is 73.6 Å². The lowest BCUT2D eigenvalue weighted by molar-refractivity contribution is -0.140. The molecule has 3 heteroatoms. The van der Waals surface area contributed by atoms with Gasteiger partial charge < -0.3 is 9.53 Å². The van der Waals surface area contributed by atoms with Gasteiger partial charge in [-0.3, -0.25) is 4.79 Å². The van der Waals surface area contributed by atoms with Crippen LogP contribution in [0.2, 0.25) is 0 Å². The zero-order valence-corrected chi connectivity index (χ0v) is 14.3. The van der Waals surface area contributed by atoms with Gasteiger partial charge in [-0.05, 0) is 19.8 Å². The molecule has 0 aromatic carbocycles. The highest BCUT2D eigenvalue weighted by Gasteiger charge is 2.12. The van der Waals surface area contributed by atoms with Crippen LogP contribution in [-0.2, 0) is 14.3 Å². The fraction of sp³-hybridized carbons (Fsp3) is 0.765. The Kier molecular flexibility index (Phi) is 24.2. The molecular formula is C17H34O3. The van der Waals surface area contributed by atoms with Crippen LogP contribution in [0.15, 0.2) is 12.2 Å². The predicted octanol–water partition coefficient (Wildman–Crippen LogP) is 4.94. The van der Waals surface area contributed by atoms with Gasteiger partial charge in [-0.15, -0.1) is 6.58 Å². The van der Waals surface area contributed by atoms with Crippen LogP contribution in [0.3, 0.4) is 0 Å². The highest BCUT2D eigenvalue weighted by Crippen LogP contribution is 2.21. The zero-order chi connectivity index (χ0) is 16.4. The molecule has 0 unspecified atom stereocenters. The molecule has 0 spiro atoms. The van der Waals surface area contributed by atoms with E-state index in [1.165, 1.54) is 19.8 Å². The molecular weight excluding hydrogens is 252 g/mol. The van der Waals surface area contributed by atoms with Crippen LogP contribution in [0.25, 0.3) is 0 Å². The van der Waals surface area contributed by atoms with Crippen molar-refractivity contribution in [3.8, 4) is 0 Å². The van der Waals surface area contributed by atoms with Gasteiger partial charge in [-0.1, -0.05) is 46.1 Å². The summed E-state index contributed by atoms with van der Waals surface area (Å²) in [4.78, 5) is 20.2. The molecule has 1 fully saturated rings. The summed E-state index contributed by atoms with van der Waals surface area (Å²) < 4.78 is 4.65. The summed E-state index contributed by atoms with van der Waals surface area (Å²) in [5.41, 5.74) is 1.04. The van der Waals surface area contributed by atoms with Gasteiger partial charge in [0.05, 0.1) is 6.61 Å². The third-order valence-electron chi connectivity index (χ3n) is 2.43. The van der Waals surface area contributed by atoms with Crippen molar-refractivity contribution in [1.82, 2.24) is 0 Å². The van der Waals surface area contributed by atoms with E-state index >= 15 is 0 Å². The van der Waals surface area contributed by atoms with Crippen molar-refractivity contribution >= 4 is 12.3 Å². The summed E-state index contributed by atoms with van der Waals surface area (Å²) in [6.07, 6.45) is 6.67. The number of aldehydes is 1. The first-order valence-corrected chi connectivity index (χ1v) is 7.79. The van der Waals surface area contributed by atoms with E-state index in [-0.39, 0.29) is 5.97 Å². The SMILES string of the molecule is C=C(C)CCOC(C)=O.CC.CC.O=CC1CCCC1. The van der Waals surface area contributed by atoms with E-state index in [0.717, 1.165) is 31.1 Å². The minimum atomic E-state index is -0.226. The average molecular weight is 286 g/mol. The second kappa shape index (κ2) is 20.2. The van der Waals surface area contributed by atoms with Crippen molar-refractivity contribution in [1.29, 1.82) is 0 Å². The maximum Gasteiger partial charge on any atom is 0.302 e. The molecule has 0 aliphatic heterocycles. The lowest BCUT2D eigenvalue weighted by Gasteiger charge is -1.98. The Hall–Kier alpha value is -1.12. The molecule has 1 aliphatic rings. The fourth-order valence-electron chi connectivity index (χ4n) is 1.46. The number of ether oxygens (including phenoxy) is 1. The summed E-state index contributed by atoms with van der Waals surface area (Å²) >= 11 is 0. The molecule has 120 valence electrons. The van der Waals surface area contributed by atoms with Crippen LogP contribution in [-0.4, -0.2) is 18.9 Å².